The van der Waals surface area contributed by atoms with Crippen molar-refractivity contribution in [3.8, 4) is 28.7 Å². The van der Waals surface area contributed by atoms with E-state index in [0.717, 1.165) is 0 Å². The van der Waals surface area contributed by atoms with Gasteiger partial charge in [-0.3, -0.25) is 5.26 Å². The van der Waals surface area contributed by atoms with Crippen LogP contribution in [-0.2, 0) is 11.5 Å². The second-order valence-electron chi connectivity index (χ2n) is 3.82. The molecule has 1 N–H and O–H groups in total. The van der Waals surface area contributed by atoms with E-state index in [0.29, 0.717) is 34.5 Å². The molecule has 0 radical (unpaired) electrons. The van der Waals surface area contributed by atoms with Crippen LogP contribution >= 0.6 is 0 Å². The zero-order chi connectivity index (χ0) is 14.5. The predicted octanol–water partition coefficient (Wildman–Crippen LogP) is 2.36. The Morgan fingerprint density at radius 3 is 2.25 bits per heavy atom. The Hall–Kier alpha value is -2.25. The zero-order valence-electron chi connectivity index (χ0n) is 11.4. The van der Waals surface area contributed by atoms with Gasteiger partial charge in [0.1, 0.15) is 6.61 Å². The lowest BCUT2D eigenvalue weighted by atomic mass is 10.2. The summed E-state index contributed by atoms with van der Waals surface area (Å²) in [7, 11) is 4.59. The van der Waals surface area contributed by atoms with Gasteiger partial charge in [0, 0.05) is 5.56 Å². The molecule has 0 amide bonds. The summed E-state index contributed by atoms with van der Waals surface area (Å²) in [5.41, 5.74) is 0.656. The topological polar surface area (TPSA) is 83.2 Å². The first kappa shape index (κ1) is 14.2. The van der Waals surface area contributed by atoms with E-state index in [9.17, 15) is 0 Å². The van der Waals surface area contributed by atoms with E-state index >= 15 is 0 Å². The van der Waals surface area contributed by atoms with Crippen LogP contribution in [0.2, 0.25) is 0 Å². The smallest absolute Gasteiger partial charge is 0.226 e. The largest absolute Gasteiger partial charge is 0.493 e. The second-order valence-corrected chi connectivity index (χ2v) is 3.82. The van der Waals surface area contributed by atoms with Crippen molar-refractivity contribution in [3.63, 3.8) is 0 Å². The highest BCUT2D eigenvalue weighted by atomic mass is 17.1. The molecule has 7 heteroatoms. The predicted molar refractivity (Wildman–Crippen MR) is 69.0 cm³/mol. The van der Waals surface area contributed by atoms with Crippen LogP contribution in [0.4, 0.5) is 0 Å². The van der Waals surface area contributed by atoms with Gasteiger partial charge in [-0.1, -0.05) is 0 Å². The van der Waals surface area contributed by atoms with E-state index in [2.05, 4.69) is 9.87 Å². The van der Waals surface area contributed by atoms with Crippen LogP contribution in [-0.4, -0.2) is 31.6 Å². The molecule has 0 unspecified atom stereocenters. The standard InChI is InChI=1S/C13H15NO6/c1-16-10-4-8(5-11(17-2)12(10)18-3)13-14-6-9(20-13)7-19-15/h4-6,15H,7H2,1-3H3. The number of methoxy groups -OCH3 is 3. The number of hydrogen-bond acceptors (Lipinski definition) is 7. The molecule has 1 aromatic heterocycles. The number of oxazole rings is 1. The van der Waals surface area contributed by atoms with Crippen molar-refractivity contribution >= 4 is 0 Å². The van der Waals surface area contributed by atoms with Crippen LogP contribution in [0.15, 0.2) is 22.7 Å². The SMILES string of the molecule is COc1cc(-c2ncc(COO)o2)cc(OC)c1OC. The molecule has 0 fully saturated rings. The number of ether oxygens (including phenoxy) is 3. The molecule has 0 aliphatic carbocycles. The summed E-state index contributed by atoms with van der Waals surface area (Å²) in [6.07, 6.45) is 1.47. The van der Waals surface area contributed by atoms with Crippen LogP contribution in [0, 0.1) is 0 Å². The average molecular weight is 281 g/mol. The summed E-state index contributed by atoms with van der Waals surface area (Å²) >= 11 is 0. The molecule has 0 aliphatic rings. The van der Waals surface area contributed by atoms with Gasteiger partial charge in [0.15, 0.2) is 17.3 Å². The third kappa shape index (κ3) is 2.68. The van der Waals surface area contributed by atoms with E-state index in [1.165, 1.54) is 27.5 Å². The highest BCUT2D eigenvalue weighted by Crippen LogP contribution is 2.40. The van der Waals surface area contributed by atoms with Gasteiger partial charge in [-0.2, -0.15) is 0 Å². The lowest BCUT2D eigenvalue weighted by Crippen LogP contribution is -1.95. The number of hydrogen-bond donors (Lipinski definition) is 1. The quantitative estimate of drug-likeness (QED) is 0.642. The Labute approximate surface area is 115 Å². The number of benzene rings is 1. The fourth-order valence-corrected chi connectivity index (χ4v) is 1.78. The third-order valence-corrected chi connectivity index (χ3v) is 2.67. The second kappa shape index (κ2) is 6.27. The Kier molecular flexibility index (Phi) is 4.44. The van der Waals surface area contributed by atoms with Gasteiger partial charge in [-0.15, -0.1) is 0 Å². The monoisotopic (exact) mass is 281 g/mol. The summed E-state index contributed by atoms with van der Waals surface area (Å²) in [5.74, 6) is 2.25. The minimum atomic E-state index is -0.0720. The van der Waals surface area contributed by atoms with Crippen LogP contribution in [0.3, 0.4) is 0 Å². The number of nitrogens with zero attached hydrogens (tertiary/aromatic N) is 1. The summed E-state index contributed by atoms with van der Waals surface area (Å²) in [4.78, 5) is 8.10. The van der Waals surface area contributed by atoms with Gasteiger partial charge in [0.2, 0.25) is 11.6 Å². The van der Waals surface area contributed by atoms with Gasteiger partial charge in [0.25, 0.3) is 0 Å². The molecule has 2 rings (SSSR count). The molecule has 108 valence electrons. The first-order valence-corrected chi connectivity index (χ1v) is 5.75. The van der Waals surface area contributed by atoms with Crippen molar-refractivity contribution in [1.29, 1.82) is 0 Å². The van der Waals surface area contributed by atoms with Crippen molar-refractivity contribution in [2.24, 2.45) is 0 Å². The van der Waals surface area contributed by atoms with Crippen molar-refractivity contribution < 1.29 is 28.8 Å². The van der Waals surface area contributed by atoms with Gasteiger partial charge in [0.05, 0.1) is 27.5 Å². The molecule has 20 heavy (non-hydrogen) atoms. The van der Waals surface area contributed by atoms with Gasteiger partial charge < -0.3 is 18.6 Å². The fraction of sp³-hybridized carbons (Fsp3) is 0.308. The lowest BCUT2D eigenvalue weighted by Gasteiger charge is -2.12. The summed E-state index contributed by atoms with van der Waals surface area (Å²) < 4.78 is 21.2. The lowest BCUT2D eigenvalue weighted by molar-refractivity contribution is -0.255. The molecule has 0 atom stereocenters. The first-order chi connectivity index (χ1) is 9.73. The summed E-state index contributed by atoms with van der Waals surface area (Å²) in [5, 5.41) is 8.39. The minimum absolute atomic E-state index is 0.0720. The first-order valence-electron chi connectivity index (χ1n) is 5.75. The maximum absolute atomic E-state index is 8.39. The van der Waals surface area contributed by atoms with E-state index in [4.69, 9.17) is 23.9 Å². The van der Waals surface area contributed by atoms with Crippen LogP contribution in [0.25, 0.3) is 11.5 Å². The molecule has 1 heterocycles. The van der Waals surface area contributed by atoms with E-state index < -0.39 is 0 Å². The Morgan fingerprint density at radius 2 is 1.75 bits per heavy atom. The summed E-state index contributed by atoms with van der Waals surface area (Å²) in [6, 6.07) is 3.44. The molecular weight excluding hydrogens is 266 g/mol. The molecule has 1 aromatic carbocycles. The van der Waals surface area contributed by atoms with Crippen LogP contribution < -0.4 is 14.2 Å². The Morgan fingerprint density at radius 1 is 1.10 bits per heavy atom. The Balaban J connectivity index is 2.45. The number of aromatic nitrogens is 1. The molecule has 0 aliphatic heterocycles. The average Bonchev–Trinajstić information content (AvgIpc) is 2.94. The minimum Gasteiger partial charge on any atom is -0.493 e. The molecular formula is C13H15NO6. The molecule has 0 saturated heterocycles. The number of rotatable bonds is 6. The molecule has 0 spiro atoms. The van der Waals surface area contributed by atoms with Crippen molar-refractivity contribution in [1.82, 2.24) is 4.98 Å². The van der Waals surface area contributed by atoms with Crippen LogP contribution in [0.5, 0.6) is 17.2 Å². The maximum atomic E-state index is 8.39. The highest BCUT2D eigenvalue weighted by Gasteiger charge is 2.16. The van der Waals surface area contributed by atoms with Crippen molar-refractivity contribution in [3.05, 3.63) is 24.1 Å². The highest BCUT2D eigenvalue weighted by molar-refractivity contribution is 5.65. The molecule has 7 nitrogen and oxygen atoms in total. The van der Waals surface area contributed by atoms with Crippen molar-refractivity contribution in [2.75, 3.05) is 21.3 Å². The van der Waals surface area contributed by atoms with Gasteiger partial charge in [-0.25, -0.2) is 9.87 Å². The third-order valence-electron chi connectivity index (χ3n) is 2.67. The normalized spacial score (nSPS) is 10.4. The van der Waals surface area contributed by atoms with Gasteiger partial charge in [-0.05, 0) is 12.1 Å². The van der Waals surface area contributed by atoms with Crippen LogP contribution in [0.1, 0.15) is 5.76 Å². The molecule has 0 bridgehead atoms. The molecule has 0 saturated carbocycles. The van der Waals surface area contributed by atoms with E-state index in [1.807, 2.05) is 0 Å². The van der Waals surface area contributed by atoms with Crippen molar-refractivity contribution in [2.45, 2.75) is 6.61 Å². The van der Waals surface area contributed by atoms with Gasteiger partial charge >= 0.3 is 0 Å². The van der Waals surface area contributed by atoms with E-state index in [1.54, 1.807) is 12.1 Å². The Bertz CT molecular complexity index is 555. The molecule has 2 aromatic rings. The maximum Gasteiger partial charge on any atom is 0.226 e. The fourth-order valence-electron chi connectivity index (χ4n) is 1.78. The summed E-state index contributed by atoms with van der Waals surface area (Å²) in [6.45, 7) is -0.0720. The van der Waals surface area contributed by atoms with E-state index in [-0.39, 0.29) is 6.61 Å². The zero-order valence-corrected chi connectivity index (χ0v) is 11.4.